The molecule has 1 rings (SSSR count). The van der Waals surface area contributed by atoms with Crippen LogP contribution < -0.4 is 5.73 Å². The summed E-state index contributed by atoms with van der Waals surface area (Å²) in [6.45, 7) is 5.49. The molecule has 1 aromatic rings. The largest absolute Gasteiger partial charge is 0.395 e. The highest BCUT2D eigenvalue weighted by molar-refractivity contribution is 5.22. The topological polar surface area (TPSA) is 49.5 Å². The highest BCUT2D eigenvalue weighted by Gasteiger charge is 2.02. The van der Waals surface area contributed by atoms with Gasteiger partial charge in [-0.05, 0) is 17.7 Å². The standard InChI is InChI=1S/C12H20N2O/c1-2-14(7-8-15)10-12-5-3-11(9-13)4-6-12/h3-6,15H,2,7-10,13H2,1H3. The van der Waals surface area contributed by atoms with E-state index in [-0.39, 0.29) is 6.61 Å². The molecule has 0 radical (unpaired) electrons. The molecule has 0 atom stereocenters. The fourth-order valence-corrected chi connectivity index (χ4v) is 1.53. The van der Waals surface area contributed by atoms with E-state index in [4.69, 9.17) is 10.8 Å². The van der Waals surface area contributed by atoms with Crippen LogP contribution in [0, 0.1) is 0 Å². The van der Waals surface area contributed by atoms with Crippen molar-refractivity contribution in [2.45, 2.75) is 20.0 Å². The first-order chi connectivity index (χ1) is 7.30. The molecular weight excluding hydrogens is 188 g/mol. The van der Waals surface area contributed by atoms with Crippen molar-refractivity contribution in [3.05, 3.63) is 35.4 Å². The lowest BCUT2D eigenvalue weighted by molar-refractivity contribution is 0.197. The van der Waals surface area contributed by atoms with Crippen molar-refractivity contribution >= 4 is 0 Å². The third kappa shape index (κ3) is 4.00. The Morgan fingerprint density at radius 2 is 1.80 bits per heavy atom. The number of hydrogen-bond donors (Lipinski definition) is 2. The van der Waals surface area contributed by atoms with Gasteiger partial charge in [0.05, 0.1) is 6.61 Å². The average molecular weight is 208 g/mol. The number of rotatable bonds is 6. The summed E-state index contributed by atoms with van der Waals surface area (Å²) in [6, 6.07) is 8.31. The zero-order valence-electron chi connectivity index (χ0n) is 9.32. The molecule has 0 aromatic heterocycles. The van der Waals surface area contributed by atoms with Gasteiger partial charge in [-0.15, -0.1) is 0 Å². The summed E-state index contributed by atoms with van der Waals surface area (Å²) in [6.07, 6.45) is 0. The van der Waals surface area contributed by atoms with Crippen LogP contribution in [0.25, 0.3) is 0 Å². The number of nitrogens with zero attached hydrogens (tertiary/aromatic N) is 1. The van der Waals surface area contributed by atoms with Gasteiger partial charge in [0.25, 0.3) is 0 Å². The minimum atomic E-state index is 0.217. The van der Waals surface area contributed by atoms with E-state index < -0.39 is 0 Å². The second-order valence-electron chi connectivity index (χ2n) is 3.61. The van der Waals surface area contributed by atoms with E-state index in [1.54, 1.807) is 0 Å². The lowest BCUT2D eigenvalue weighted by Gasteiger charge is -2.19. The molecule has 0 heterocycles. The van der Waals surface area contributed by atoms with E-state index in [9.17, 15) is 0 Å². The quantitative estimate of drug-likeness (QED) is 0.732. The molecular formula is C12H20N2O. The molecule has 1 aromatic carbocycles. The molecule has 0 aliphatic rings. The van der Waals surface area contributed by atoms with Crippen molar-refractivity contribution in [3.63, 3.8) is 0 Å². The molecule has 3 nitrogen and oxygen atoms in total. The van der Waals surface area contributed by atoms with E-state index in [2.05, 4.69) is 36.1 Å². The van der Waals surface area contributed by atoms with Crippen LogP contribution in [0.2, 0.25) is 0 Å². The Morgan fingerprint density at radius 3 is 2.27 bits per heavy atom. The Bertz CT molecular complexity index is 271. The SMILES string of the molecule is CCN(CCO)Cc1ccc(CN)cc1. The molecule has 3 heteroatoms. The smallest absolute Gasteiger partial charge is 0.0558 e. The maximum Gasteiger partial charge on any atom is 0.0558 e. The maximum absolute atomic E-state index is 8.87. The summed E-state index contributed by atoms with van der Waals surface area (Å²) >= 11 is 0. The highest BCUT2D eigenvalue weighted by Crippen LogP contribution is 2.06. The minimum Gasteiger partial charge on any atom is -0.395 e. The Labute approximate surface area is 91.5 Å². The van der Waals surface area contributed by atoms with Gasteiger partial charge in [-0.25, -0.2) is 0 Å². The fourth-order valence-electron chi connectivity index (χ4n) is 1.53. The van der Waals surface area contributed by atoms with E-state index >= 15 is 0 Å². The van der Waals surface area contributed by atoms with E-state index in [1.165, 1.54) is 5.56 Å². The van der Waals surface area contributed by atoms with Gasteiger partial charge in [-0.2, -0.15) is 0 Å². The second kappa shape index (κ2) is 6.56. The third-order valence-electron chi connectivity index (χ3n) is 2.53. The van der Waals surface area contributed by atoms with Crippen LogP contribution in [-0.4, -0.2) is 29.7 Å². The Hall–Kier alpha value is -0.900. The van der Waals surface area contributed by atoms with Crippen molar-refractivity contribution in [3.8, 4) is 0 Å². The third-order valence-corrected chi connectivity index (χ3v) is 2.53. The van der Waals surface area contributed by atoms with E-state index in [1.807, 2.05) is 0 Å². The normalized spacial score (nSPS) is 10.9. The van der Waals surface area contributed by atoms with Crippen molar-refractivity contribution in [1.82, 2.24) is 4.90 Å². The molecule has 0 fully saturated rings. The lowest BCUT2D eigenvalue weighted by atomic mass is 10.1. The first-order valence-corrected chi connectivity index (χ1v) is 5.41. The van der Waals surface area contributed by atoms with Crippen LogP contribution in [0.3, 0.4) is 0 Å². The van der Waals surface area contributed by atoms with E-state index in [0.29, 0.717) is 6.54 Å². The molecule has 15 heavy (non-hydrogen) atoms. The zero-order chi connectivity index (χ0) is 11.1. The average Bonchev–Trinajstić information content (AvgIpc) is 2.29. The molecule has 0 bridgehead atoms. The van der Waals surface area contributed by atoms with Crippen LogP contribution in [0.15, 0.2) is 24.3 Å². The number of likely N-dealkylation sites (N-methyl/N-ethyl adjacent to an activating group) is 1. The van der Waals surface area contributed by atoms with E-state index in [0.717, 1.165) is 25.2 Å². The minimum absolute atomic E-state index is 0.217. The summed E-state index contributed by atoms with van der Waals surface area (Å²) in [5, 5.41) is 8.87. The van der Waals surface area contributed by atoms with Crippen molar-refractivity contribution in [2.24, 2.45) is 5.73 Å². The number of aliphatic hydroxyl groups excluding tert-OH is 1. The Kier molecular flexibility index (Phi) is 5.32. The van der Waals surface area contributed by atoms with Crippen LogP contribution in [0.5, 0.6) is 0 Å². The molecule has 0 saturated carbocycles. The van der Waals surface area contributed by atoms with Crippen LogP contribution in [-0.2, 0) is 13.1 Å². The van der Waals surface area contributed by atoms with Gasteiger partial charge in [0.2, 0.25) is 0 Å². The predicted octanol–water partition coefficient (Wildman–Crippen LogP) is 0.959. The fraction of sp³-hybridized carbons (Fsp3) is 0.500. The first kappa shape index (κ1) is 12.2. The van der Waals surface area contributed by atoms with Crippen molar-refractivity contribution < 1.29 is 5.11 Å². The predicted molar refractivity (Wildman–Crippen MR) is 62.4 cm³/mol. The summed E-state index contributed by atoms with van der Waals surface area (Å²) in [7, 11) is 0. The van der Waals surface area contributed by atoms with Gasteiger partial charge in [-0.1, -0.05) is 31.2 Å². The summed E-state index contributed by atoms with van der Waals surface area (Å²) in [4.78, 5) is 2.21. The summed E-state index contributed by atoms with van der Waals surface area (Å²) in [5.74, 6) is 0. The maximum atomic E-state index is 8.87. The van der Waals surface area contributed by atoms with Crippen LogP contribution >= 0.6 is 0 Å². The van der Waals surface area contributed by atoms with Gasteiger partial charge in [0, 0.05) is 19.6 Å². The number of aliphatic hydroxyl groups is 1. The van der Waals surface area contributed by atoms with Crippen LogP contribution in [0.1, 0.15) is 18.1 Å². The molecule has 84 valence electrons. The lowest BCUT2D eigenvalue weighted by Crippen LogP contribution is -2.26. The second-order valence-corrected chi connectivity index (χ2v) is 3.61. The van der Waals surface area contributed by atoms with Gasteiger partial charge in [0.1, 0.15) is 0 Å². The molecule has 0 unspecified atom stereocenters. The Balaban J connectivity index is 2.55. The first-order valence-electron chi connectivity index (χ1n) is 5.41. The molecule has 0 amide bonds. The summed E-state index contributed by atoms with van der Waals surface area (Å²) < 4.78 is 0. The van der Waals surface area contributed by atoms with Gasteiger partial charge >= 0.3 is 0 Å². The van der Waals surface area contributed by atoms with Gasteiger partial charge < -0.3 is 10.8 Å². The van der Waals surface area contributed by atoms with Gasteiger partial charge in [-0.3, -0.25) is 4.90 Å². The number of hydrogen-bond acceptors (Lipinski definition) is 3. The summed E-state index contributed by atoms with van der Waals surface area (Å²) in [5.41, 5.74) is 7.95. The van der Waals surface area contributed by atoms with Crippen LogP contribution in [0.4, 0.5) is 0 Å². The van der Waals surface area contributed by atoms with Gasteiger partial charge in [0.15, 0.2) is 0 Å². The zero-order valence-corrected chi connectivity index (χ0v) is 9.32. The number of nitrogens with two attached hydrogens (primary N) is 1. The number of benzene rings is 1. The monoisotopic (exact) mass is 208 g/mol. The Morgan fingerprint density at radius 1 is 1.20 bits per heavy atom. The molecule has 0 aliphatic heterocycles. The molecule has 0 spiro atoms. The molecule has 3 N–H and O–H groups in total. The highest BCUT2D eigenvalue weighted by atomic mass is 16.3. The molecule has 0 aliphatic carbocycles. The van der Waals surface area contributed by atoms with Crippen molar-refractivity contribution in [2.75, 3.05) is 19.7 Å². The molecule has 0 saturated heterocycles. The van der Waals surface area contributed by atoms with Crippen molar-refractivity contribution in [1.29, 1.82) is 0 Å².